The molecule has 0 aliphatic heterocycles. The monoisotopic (exact) mass is 257 g/mol. The minimum absolute atomic E-state index is 0.252. The number of aryl methyl sites for hydroxylation is 1. The summed E-state index contributed by atoms with van der Waals surface area (Å²) in [7, 11) is 0. The molecule has 0 radical (unpaired) electrons. The predicted octanol–water partition coefficient (Wildman–Crippen LogP) is 1.82. The van der Waals surface area contributed by atoms with Gasteiger partial charge in [-0.3, -0.25) is 4.79 Å². The lowest BCUT2D eigenvalue weighted by atomic mass is 10.2. The summed E-state index contributed by atoms with van der Waals surface area (Å²) in [4.78, 5) is 27.4. The Balaban J connectivity index is 2.57. The molecule has 0 N–H and O–H groups in total. The molecular weight excluding hydrogens is 242 g/mol. The van der Waals surface area contributed by atoms with Crippen molar-refractivity contribution in [1.29, 1.82) is 0 Å². The fraction of sp³-hybridized carbons (Fsp3) is 0.545. The average molecular weight is 257 g/mol. The first-order chi connectivity index (χ1) is 8.19. The van der Waals surface area contributed by atoms with Crippen LogP contribution in [0.25, 0.3) is 0 Å². The Morgan fingerprint density at radius 2 is 2.00 bits per heavy atom. The molecule has 0 fully saturated rings. The average Bonchev–Trinajstić information content (AvgIpc) is 2.75. The van der Waals surface area contributed by atoms with Gasteiger partial charge in [0, 0.05) is 4.88 Å². The Morgan fingerprint density at radius 1 is 1.29 bits per heavy atom. The quantitative estimate of drug-likeness (QED) is 0.727. The van der Waals surface area contributed by atoms with Crippen molar-refractivity contribution in [1.82, 2.24) is 4.98 Å². The molecule has 0 aromatic carbocycles. The summed E-state index contributed by atoms with van der Waals surface area (Å²) in [6.07, 6.45) is 0.708. The summed E-state index contributed by atoms with van der Waals surface area (Å²) < 4.78 is 9.69. The number of hydrogen-bond donors (Lipinski definition) is 0. The third-order valence-corrected chi connectivity index (χ3v) is 2.86. The van der Waals surface area contributed by atoms with Crippen LogP contribution in [0.3, 0.4) is 0 Å². The van der Waals surface area contributed by atoms with Gasteiger partial charge in [-0.15, -0.1) is 11.3 Å². The van der Waals surface area contributed by atoms with Crippen molar-refractivity contribution >= 4 is 23.3 Å². The fourth-order valence-electron chi connectivity index (χ4n) is 1.26. The van der Waals surface area contributed by atoms with E-state index in [9.17, 15) is 9.59 Å². The Morgan fingerprint density at radius 3 is 2.65 bits per heavy atom. The Bertz CT molecular complexity index is 389. The molecule has 6 heteroatoms. The molecule has 0 bridgehead atoms. The minimum Gasteiger partial charge on any atom is -0.466 e. The van der Waals surface area contributed by atoms with Gasteiger partial charge in [0.05, 0.1) is 25.1 Å². The van der Waals surface area contributed by atoms with Crippen LogP contribution in [0.1, 0.15) is 35.6 Å². The van der Waals surface area contributed by atoms with Gasteiger partial charge in [-0.05, 0) is 20.3 Å². The molecule has 94 valence electrons. The van der Waals surface area contributed by atoms with E-state index in [2.05, 4.69) is 4.98 Å². The zero-order valence-electron chi connectivity index (χ0n) is 9.89. The molecule has 1 aromatic heterocycles. The van der Waals surface area contributed by atoms with Crippen molar-refractivity contribution < 1.29 is 19.1 Å². The first-order valence-corrected chi connectivity index (χ1v) is 6.32. The zero-order valence-corrected chi connectivity index (χ0v) is 10.7. The van der Waals surface area contributed by atoms with Gasteiger partial charge in [0.15, 0.2) is 5.69 Å². The van der Waals surface area contributed by atoms with E-state index >= 15 is 0 Å². The van der Waals surface area contributed by atoms with E-state index in [1.807, 2.05) is 0 Å². The summed E-state index contributed by atoms with van der Waals surface area (Å²) in [6, 6.07) is 0. The van der Waals surface area contributed by atoms with Crippen molar-refractivity contribution in [2.75, 3.05) is 13.2 Å². The van der Waals surface area contributed by atoms with Gasteiger partial charge >= 0.3 is 11.9 Å². The number of ether oxygens (including phenoxy) is 2. The predicted molar refractivity (Wildman–Crippen MR) is 63.0 cm³/mol. The largest absolute Gasteiger partial charge is 0.466 e. The normalized spacial score (nSPS) is 10.0. The van der Waals surface area contributed by atoms with Crippen molar-refractivity contribution in [2.24, 2.45) is 0 Å². The summed E-state index contributed by atoms with van der Waals surface area (Å²) in [5.41, 5.74) is 1.88. The Labute approximate surface area is 104 Å². The Kier molecular flexibility index (Phi) is 5.62. The van der Waals surface area contributed by atoms with E-state index in [0.29, 0.717) is 25.3 Å². The molecule has 1 rings (SSSR count). The van der Waals surface area contributed by atoms with Crippen LogP contribution in [0.2, 0.25) is 0 Å². The van der Waals surface area contributed by atoms with E-state index in [1.54, 1.807) is 19.4 Å². The fourth-order valence-corrected chi connectivity index (χ4v) is 2.02. The SMILES string of the molecule is CCOC(=O)CCc1scnc1C(=O)OCC. The number of aromatic nitrogens is 1. The van der Waals surface area contributed by atoms with Crippen LogP contribution >= 0.6 is 11.3 Å². The summed E-state index contributed by atoms with van der Waals surface area (Å²) in [5.74, 6) is -0.705. The maximum atomic E-state index is 11.5. The van der Waals surface area contributed by atoms with Crippen molar-refractivity contribution in [2.45, 2.75) is 26.7 Å². The maximum Gasteiger partial charge on any atom is 0.358 e. The van der Waals surface area contributed by atoms with E-state index < -0.39 is 5.97 Å². The van der Waals surface area contributed by atoms with Gasteiger partial charge in [0.25, 0.3) is 0 Å². The molecule has 0 aliphatic rings. The van der Waals surface area contributed by atoms with Crippen LogP contribution < -0.4 is 0 Å². The molecule has 0 saturated heterocycles. The number of esters is 2. The third-order valence-electron chi connectivity index (χ3n) is 1.97. The molecule has 5 nitrogen and oxygen atoms in total. The van der Waals surface area contributed by atoms with E-state index in [1.165, 1.54) is 11.3 Å². The highest BCUT2D eigenvalue weighted by atomic mass is 32.1. The zero-order chi connectivity index (χ0) is 12.7. The number of nitrogens with zero attached hydrogens (tertiary/aromatic N) is 1. The molecule has 0 unspecified atom stereocenters. The van der Waals surface area contributed by atoms with Crippen LogP contribution in [0.4, 0.5) is 0 Å². The number of hydrogen-bond acceptors (Lipinski definition) is 6. The van der Waals surface area contributed by atoms with Crippen LogP contribution in [0.15, 0.2) is 5.51 Å². The lowest BCUT2D eigenvalue weighted by Gasteiger charge is -2.02. The van der Waals surface area contributed by atoms with Crippen molar-refractivity contribution in [3.8, 4) is 0 Å². The molecule has 0 spiro atoms. The van der Waals surface area contributed by atoms with Crippen LogP contribution in [-0.4, -0.2) is 30.1 Å². The van der Waals surface area contributed by atoms with E-state index in [4.69, 9.17) is 9.47 Å². The van der Waals surface area contributed by atoms with Gasteiger partial charge in [-0.2, -0.15) is 0 Å². The van der Waals surface area contributed by atoms with Crippen molar-refractivity contribution in [3.05, 3.63) is 16.1 Å². The van der Waals surface area contributed by atoms with Gasteiger partial charge < -0.3 is 9.47 Å². The first-order valence-electron chi connectivity index (χ1n) is 5.44. The minimum atomic E-state index is -0.437. The maximum absolute atomic E-state index is 11.5. The van der Waals surface area contributed by atoms with Gasteiger partial charge in [-0.25, -0.2) is 9.78 Å². The molecule has 0 saturated carbocycles. The lowest BCUT2D eigenvalue weighted by Crippen LogP contribution is -2.09. The van der Waals surface area contributed by atoms with E-state index in [0.717, 1.165) is 4.88 Å². The van der Waals surface area contributed by atoms with Crippen LogP contribution in [0.5, 0.6) is 0 Å². The second-order valence-corrected chi connectivity index (χ2v) is 4.09. The molecule has 0 atom stereocenters. The smallest absolute Gasteiger partial charge is 0.358 e. The van der Waals surface area contributed by atoms with Crippen LogP contribution in [0, 0.1) is 0 Å². The summed E-state index contributed by atoms with van der Waals surface area (Å²) >= 11 is 1.34. The lowest BCUT2D eigenvalue weighted by molar-refractivity contribution is -0.143. The number of rotatable bonds is 6. The summed E-state index contributed by atoms with van der Waals surface area (Å²) in [5, 5.41) is 0. The molecule has 1 aromatic rings. The number of carbonyl (C=O) groups is 2. The van der Waals surface area contributed by atoms with Gasteiger partial charge in [0.2, 0.25) is 0 Å². The highest BCUT2D eigenvalue weighted by molar-refractivity contribution is 7.09. The topological polar surface area (TPSA) is 65.5 Å². The molecule has 0 amide bonds. The highest BCUT2D eigenvalue weighted by Crippen LogP contribution is 2.16. The molecule has 1 heterocycles. The second-order valence-electron chi connectivity index (χ2n) is 3.15. The molecule has 0 aliphatic carbocycles. The van der Waals surface area contributed by atoms with Crippen molar-refractivity contribution in [3.63, 3.8) is 0 Å². The number of carbonyl (C=O) groups excluding carboxylic acids is 2. The Hall–Kier alpha value is -1.43. The van der Waals surface area contributed by atoms with Gasteiger partial charge in [0.1, 0.15) is 0 Å². The van der Waals surface area contributed by atoms with E-state index in [-0.39, 0.29) is 12.4 Å². The standard InChI is InChI=1S/C11H15NO4S/c1-3-15-9(13)6-5-8-10(12-7-17-8)11(14)16-4-2/h7H,3-6H2,1-2H3. The van der Waals surface area contributed by atoms with Gasteiger partial charge in [-0.1, -0.05) is 0 Å². The molecule has 17 heavy (non-hydrogen) atoms. The van der Waals surface area contributed by atoms with Crippen LogP contribution in [-0.2, 0) is 20.7 Å². The second kappa shape index (κ2) is 7.01. The number of thiazole rings is 1. The first kappa shape index (κ1) is 13.6. The highest BCUT2D eigenvalue weighted by Gasteiger charge is 2.16. The molecular formula is C11H15NO4S. The third kappa shape index (κ3) is 4.14. The summed E-state index contributed by atoms with van der Waals surface area (Å²) in [6.45, 7) is 4.18.